The fraction of sp³-hybridized carbons (Fsp3) is 0.364. The third kappa shape index (κ3) is 2.29. The van der Waals surface area contributed by atoms with Gasteiger partial charge in [0.25, 0.3) is 0 Å². The molecular formula is C11H11ClFNO. The van der Waals surface area contributed by atoms with Gasteiger partial charge in [0.15, 0.2) is 0 Å². The summed E-state index contributed by atoms with van der Waals surface area (Å²) in [5.41, 5.74) is 0.726. The van der Waals surface area contributed by atoms with Crippen LogP contribution in [0.4, 0.5) is 10.1 Å². The fourth-order valence-corrected chi connectivity index (χ4v) is 1.69. The highest BCUT2D eigenvalue weighted by Crippen LogP contribution is 2.31. The Morgan fingerprint density at radius 2 is 2.00 bits per heavy atom. The number of halogens is 2. The molecule has 80 valence electrons. The summed E-state index contributed by atoms with van der Waals surface area (Å²) in [7, 11) is 0. The minimum Gasteiger partial charge on any atom is -0.308 e. The molecular weight excluding hydrogens is 217 g/mol. The standard InChI is InChI=1S/C11H11ClFNO/c12-7-11(15)14(10-5-6-10)9-3-1-8(13)2-4-9/h1-4,10H,5-7H2. The molecule has 2 nitrogen and oxygen atoms in total. The van der Waals surface area contributed by atoms with Gasteiger partial charge in [0.2, 0.25) is 5.91 Å². The van der Waals surface area contributed by atoms with Crippen LogP contribution in [0.25, 0.3) is 0 Å². The van der Waals surface area contributed by atoms with Crippen LogP contribution >= 0.6 is 11.6 Å². The monoisotopic (exact) mass is 227 g/mol. The second-order valence-corrected chi connectivity index (χ2v) is 3.87. The largest absolute Gasteiger partial charge is 0.308 e. The molecule has 0 aromatic heterocycles. The van der Waals surface area contributed by atoms with E-state index in [1.54, 1.807) is 17.0 Å². The molecule has 15 heavy (non-hydrogen) atoms. The lowest BCUT2D eigenvalue weighted by atomic mass is 10.2. The summed E-state index contributed by atoms with van der Waals surface area (Å²) in [6.45, 7) is 0. The van der Waals surface area contributed by atoms with Crippen molar-refractivity contribution in [3.05, 3.63) is 30.1 Å². The van der Waals surface area contributed by atoms with Crippen molar-refractivity contribution in [2.45, 2.75) is 18.9 Å². The van der Waals surface area contributed by atoms with Crippen molar-refractivity contribution < 1.29 is 9.18 Å². The number of amides is 1. The maximum Gasteiger partial charge on any atom is 0.242 e. The van der Waals surface area contributed by atoms with Crippen LogP contribution < -0.4 is 4.90 Å². The number of rotatable bonds is 3. The predicted octanol–water partition coefficient (Wildman–Crippen LogP) is 2.56. The average Bonchev–Trinajstić information content (AvgIpc) is 3.05. The number of nitrogens with zero attached hydrogens (tertiary/aromatic N) is 1. The normalized spacial score (nSPS) is 15.1. The number of hydrogen-bond acceptors (Lipinski definition) is 1. The molecule has 4 heteroatoms. The number of anilines is 1. The second-order valence-electron chi connectivity index (χ2n) is 3.60. The van der Waals surface area contributed by atoms with E-state index in [0.717, 1.165) is 18.5 Å². The van der Waals surface area contributed by atoms with Crippen LogP contribution in [0.3, 0.4) is 0 Å². The number of hydrogen-bond donors (Lipinski definition) is 0. The molecule has 0 atom stereocenters. The van der Waals surface area contributed by atoms with Crippen LogP contribution in [-0.2, 0) is 4.79 Å². The summed E-state index contributed by atoms with van der Waals surface area (Å²) in [4.78, 5) is 13.2. The second kappa shape index (κ2) is 4.19. The van der Waals surface area contributed by atoms with Gasteiger partial charge in [-0.05, 0) is 37.1 Å². The maximum absolute atomic E-state index is 12.7. The van der Waals surface area contributed by atoms with Gasteiger partial charge in [0.05, 0.1) is 0 Å². The van der Waals surface area contributed by atoms with Crippen LogP contribution in [0.15, 0.2) is 24.3 Å². The van der Waals surface area contributed by atoms with E-state index in [9.17, 15) is 9.18 Å². The van der Waals surface area contributed by atoms with E-state index in [2.05, 4.69) is 0 Å². The van der Waals surface area contributed by atoms with Gasteiger partial charge in [-0.25, -0.2) is 4.39 Å². The number of carbonyl (C=O) groups excluding carboxylic acids is 1. The molecule has 0 N–H and O–H groups in total. The quantitative estimate of drug-likeness (QED) is 0.727. The first-order valence-electron chi connectivity index (χ1n) is 4.86. The lowest BCUT2D eigenvalue weighted by Gasteiger charge is -2.21. The molecule has 0 spiro atoms. The van der Waals surface area contributed by atoms with Crippen LogP contribution in [0.5, 0.6) is 0 Å². The minimum atomic E-state index is -0.298. The molecule has 1 fully saturated rings. The highest BCUT2D eigenvalue weighted by molar-refractivity contribution is 6.29. The van der Waals surface area contributed by atoms with Crippen molar-refractivity contribution in [3.8, 4) is 0 Å². The highest BCUT2D eigenvalue weighted by Gasteiger charge is 2.33. The molecule has 0 radical (unpaired) electrons. The zero-order chi connectivity index (χ0) is 10.8. The third-order valence-corrected chi connectivity index (χ3v) is 2.63. The Hall–Kier alpha value is -1.09. The van der Waals surface area contributed by atoms with Crippen molar-refractivity contribution in [1.29, 1.82) is 0 Å². The lowest BCUT2D eigenvalue weighted by molar-refractivity contribution is -0.116. The number of benzene rings is 1. The Kier molecular flexibility index (Phi) is 2.91. The van der Waals surface area contributed by atoms with Gasteiger partial charge in [0, 0.05) is 11.7 Å². The highest BCUT2D eigenvalue weighted by atomic mass is 35.5. The Morgan fingerprint density at radius 3 is 2.47 bits per heavy atom. The summed E-state index contributed by atoms with van der Waals surface area (Å²) in [6, 6.07) is 6.18. The molecule has 0 bridgehead atoms. The molecule has 0 saturated heterocycles. The topological polar surface area (TPSA) is 20.3 Å². The van der Waals surface area contributed by atoms with E-state index in [0.29, 0.717) is 0 Å². The van der Waals surface area contributed by atoms with E-state index < -0.39 is 0 Å². The molecule has 1 aromatic carbocycles. The van der Waals surface area contributed by atoms with Crippen LogP contribution in [0.1, 0.15) is 12.8 Å². The average molecular weight is 228 g/mol. The van der Waals surface area contributed by atoms with Crippen molar-refractivity contribution in [1.82, 2.24) is 0 Å². The number of carbonyl (C=O) groups is 1. The molecule has 0 heterocycles. The van der Waals surface area contributed by atoms with Crippen molar-refractivity contribution in [2.24, 2.45) is 0 Å². The molecule has 2 rings (SSSR count). The molecule has 0 aliphatic heterocycles. The van der Waals surface area contributed by atoms with E-state index in [4.69, 9.17) is 11.6 Å². The molecule has 1 aliphatic rings. The lowest BCUT2D eigenvalue weighted by Crippen LogP contribution is -2.33. The van der Waals surface area contributed by atoms with Crippen LogP contribution in [0.2, 0.25) is 0 Å². The van der Waals surface area contributed by atoms with Gasteiger partial charge in [-0.1, -0.05) is 0 Å². The van der Waals surface area contributed by atoms with Crippen molar-refractivity contribution in [3.63, 3.8) is 0 Å². The summed E-state index contributed by atoms with van der Waals surface area (Å²) in [5.74, 6) is -0.452. The van der Waals surface area contributed by atoms with Gasteiger partial charge in [-0.3, -0.25) is 4.79 Å². The van der Waals surface area contributed by atoms with Gasteiger partial charge in [-0.2, -0.15) is 0 Å². The fourth-order valence-electron chi connectivity index (χ4n) is 1.56. The van der Waals surface area contributed by atoms with Gasteiger partial charge >= 0.3 is 0 Å². The predicted molar refractivity (Wildman–Crippen MR) is 57.6 cm³/mol. The third-order valence-electron chi connectivity index (χ3n) is 2.40. The SMILES string of the molecule is O=C(CCl)N(c1ccc(F)cc1)C1CC1. The molecule has 1 amide bonds. The van der Waals surface area contributed by atoms with Gasteiger partial charge in [0.1, 0.15) is 11.7 Å². The first-order valence-corrected chi connectivity index (χ1v) is 5.39. The summed E-state index contributed by atoms with van der Waals surface area (Å²) in [5, 5.41) is 0. The van der Waals surface area contributed by atoms with Gasteiger partial charge < -0.3 is 4.90 Å². The zero-order valence-electron chi connectivity index (χ0n) is 8.12. The van der Waals surface area contributed by atoms with Crippen LogP contribution in [-0.4, -0.2) is 17.8 Å². The first kappa shape index (κ1) is 10.4. The van der Waals surface area contributed by atoms with Crippen LogP contribution in [0, 0.1) is 5.82 Å². The Balaban J connectivity index is 2.24. The minimum absolute atomic E-state index is 0.0339. The molecule has 1 aromatic rings. The van der Waals surface area contributed by atoms with E-state index in [1.807, 2.05) is 0 Å². The first-order chi connectivity index (χ1) is 7.22. The Morgan fingerprint density at radius 1 is 1.40 bits per heavy atom. The maximum atomic E-state index is 12.7. The van der Waals surface area contributed by atoms with E-state index in [1.165, 1.54) is 12.1 Å². The number of alkyl halides is 1. The van der Waals surface area contributed by atoms with Gasteiger partial charge in [-0.15, -0.1) is 11.6 Å². The summed E-state index contributed by atoms with van der Waals surface area (Å²) >= 11 is 5.53. The molecule has 1 saturated carbocycles. The van der Waals surface area contributed by atoms with E-state index >= 15 is 0 Å². The molecule has 0 unspecified atom stereocenters. The van der Waals surface area contributed by atoms with E-state index in [-0.39, 0.29) is 23.6 Å². The van der Waals surface area contributed by atoms with Crippen molar-refractivity contribution >= 4 is 23.2 Å². The summed E-state index contributed by atoms with van der Waals surface area (Å²) < 4.78 is 12.7. The Bertz CT molecular complexity index is 361. The van der Waals surface area contributed by atoms with Crippen molar-refractivity contribution in [2.75, 3.05) is 10.8 Å². The Labute approximate surface area is 92.6 Å². The summed E-state index contributed by atoms with van der Waals surface area (Å²) in [6.07, 6.45) is 2.00. The smallest absolute Gasteiger partial charge is 0.242 e. The zero-order valence-corrected chi connectivity index (χ0v) is 8.88. The molecule has 1 aliphatic carbocycles.